The van der Waals surface area contributed by atoms with Crippen LogP contribution in [-0.2, 0) is 11.0 Å². The summed E-state index contributed by atoms with van der Waals surface area (Å²) in [4.78, 5) is 12.7. The normalized spacial score (nSPS) is 12.0. The molecule has 132 valence electrons. The molecule has 0 spiro atoms. The van der Waals surface area contributed by atoms with Gasteiger partial charge in [-0.25, -0.2) is 0 Å². The maximum absolute atomic E-state index is 12.7. The van der Waals surface area contributed by atoms with E-state index in [0.717, 1.165) is 12.1 Å². The fourth-order valence-electron chi connectivity index (χ4n) is 2.35. The highest BCUT2D eigenvalue weighted by Crippen LogP contribution is 2.30. The molecule has 0 aliphatic rings. The van der Waals surface area contributed by atoms with Crippen LogP contribution in [0.4, 0.5) is 18.9 Å². The van der Waals surface area contributed by atoms with Crippen molar-refractivity contribution in [2.24, 2.45) is 0 Å². The zero-order chi connectivity index (χ0) is 18.6. The molecular weight excluding hydrogens is 343 g/mol. The predicted octanol–water partition coefficient (Wildman–Crippen LogP) is 5.48. The van der Waals surface area contributed by atoms with Crippen molar-refractivity contribution < 1.29 is 22.4 Å². The van der Waals surface area contributed by atoms with Crippen molar-refractivity contribution >= 4 is 23.2 Å². The van der Waals surface area contributed by atoms with Crippen molar-refractivity contribution in [2.45, 2.75) is 6.18 Å². The lowest BCUT2D eigenvalue weighted by Crippen LogP contribution is -2.14. The highest BCUT2D eigenvalue weighted by Gasteiger charge is 2.30. The Kier molecular flexibility index (Phi) is 4.93. The van der Waals surface area contributed by atoms with Gasteiger partial charge in [0.1, 0.15) is 5.76 Å². The number of alkyl halides is 3. The fourth-order valence-corrected chi connectivity index (χ4v) is 2.35. The average molecular weight is 357 g/mol. The minimum Gasteiger partial charge on any atom is -0.465 e. The summed E-state index contributed by atoms with van der Waals surface area (Å²) < 4.78 is 43.2. The first-order valence-corrected chi connectivity index (χ1v) is 7.73. The van der Waals surface area contributed by atoms with Crippen molar-refractivity contribution in [3.05, 3.63) is 89.9 Å². The molecule has 3 aromatic rings. The topological polar surface area (TPSA) is 42.2 Å². The Hall–Kier alpha value is -3.28. The lowest BCUT2D eigenvalue weighted by atomic mass is 10.0. The van der Waals surface area contributed by atoms with E-state index in [9.17, 15) is 18.0 Å². The number of hydrogen-bond donors (Lipinski definition) is 1. The second kappa shape index (κ2) is 7.31. The van der Waals surface area contributed by atoms with Gasteiger partial charge in [0, 0.05) is 5.69 Å². The van der Waals surface area contributed by atoms with Gasteiger partial charge < -0.3 is 9.73 Å². The van der Waals surface area contributed by atoms with Gasteiger partial charge in [-0.05, 0) is 48.0 Å². The van der Waals surface area contributed by atoms with Crippen molar-refractivity contribution in [1.82, 2.24) is 0 Å². The number of carbonyl (C=O) groups excluding carboxylic acids is 1. The molecule has 3 rings (SSSR count). The molecule has 0 unspecified atom stereocenters. The van der Waals surface area contributed by atoms with Crippen LogP contribution in [0.1, 0.15) is 16.9 Å². The molecule has 6 heteroatoms. The molecular formula is C20H14F3NO2. The van der Waals surface area contributed by atoms with Crippen molar-refractivity contribution in [2.75, 3.05) is 5.32 Å². The van der Waals surface area contributed by atoms with Gasteiger partial charge in [0.05, 0.1) is 17.4 Å². The summed E-state index contributed by atoms with van der Waals surface area (Å²) in [7, 11) is 0. The van der Waals surface area contributed by atoms with E-state index < -0.39 is 17.6 Å². The molecule has 0 aliphatic heterocycles. The van der Waals surface area contributed by atoms with E-state index in [2.05, 4.69) is 5.32 Å². The highest BCUT2D eigenvalue weighted by molar-refractivity contribution is 6.29. The van der Waals surface area contributed by atoms with Crippen LogP contribution in [0, 0.1) is 0 Å². The summed E-state index contributed by atoms with van der Waals surface area (Å²) in [6, 6.07) is 16.6. The quantitative estimate of drug-likeness (QED) is 0.629. The minimum absolute atomic E-state index is 0.268. The molecule has 0 fully saturated rings. The average Bonchev–Trinajstić information content (AvgIpc) is 3.13. The van der Waals surface area contributed by atoms with Crippen molar-refractivity contribution in [3.63, 3.8) is 0 Å². The fraction of sp³-hybridized carbons (Fsp3) is 0.0500. The third-order valence-electron chi connectivity index (χ3n) is 3.63. The van der Waals surface area contributed by atoms with E-state index in [1.54, 1.807) is 42.5 Å². The van der Waals surface area contributed by atoms with Crippen LogP contribution in [-0.4, -0.2) is 5.91 Å². The largest absolute Gasteiger partial charge is 0.465 e. The molecule has 1 amide bonds. The lowest BCUT2D eigenvalue weighted by molar-refractivity contribution is -0.137. The van der Waals surface area contributed by atoms with Gasteiger partial charge in [0.2, 0.25) is 0 Å². The van der Waals surface area contributed by atoms with E-state index in [1.807, 2.05) is 6.07 Å². The minimum atomic E-state index is -4.42. The summed E-state index contributed by atoms with van der Waals surface area (Å²) in [6.45, 7) is 0. The first-order chi connectivity index (χ1) is 12.4. The molecule has 1 N–H and O–H groups in total. The van der Waals surface area contributed by atoms with E-state index in [4.69, 9.17) is 4.42 Å². The van der Waals surface area contributed by atoms with Gasteiger partial charge in [0.25, 0.3) is 5.91 Å². The van der Waals surface area contributed by atoms with Gasteiger partial charge in [-0.15, -0.1) is 0 Å². The second-order valence-corrected chi connectivity index (χ2v) is 5.47. The van der Waals surface area contributed by atoms with E-state index in [0.29, 0.717) is 16.9 Å². The Morgan fingerprint density at radius 2 is 1.62 bits per heavy atom. The maximum atomic E-state index is 12.7. The van der Waals surface area contributed by atoms with Gasteiger partial charge in [-0.2, -0.15) is 13.2 Å². The van der Waals surface area contributed by atoms with Gasteiger partial charge in [-0.3, -0.25) is 4.79 Å². The molecule has 0 radical (unpaired) electrons. The van der Waals surface area contributed by atoms with Crippen LogP contribution in [0.2, 0.25) is 0 Å². The van der Waals surface area contributed by atoms with Gasteiger partial charge in [-0.1, -0.05) is 30.3 Å². The Morgan fingerprint density at radius 1 is 0.923 bits per heavy atom. The molecule has 2 aromatic carbocycles. The molecule has 0 saturated carbocycles. The Morgan fingerprint density at radius 3 is 2.19 bits per heavy atom. The van der Waals surface area contributed by atoms with Crippen LogP contribution in [0.25, 0.3) is 11.6 Å². The number of halogens is 3. The summed E-state index contributed by atoms with van der Waals surface area (Å²) in [5.41, 5.74) is 0.489. The number of hydrogen-bond acceptors (Lipinski definition) is 2. The summed E-state index contributed by atoms with van der Waals surface area (Å²) in [5.74, 6) is 0.0405. The van der Waals surface area contributed by atoms with Crippen LogP contribution >= 0.6 is 0 Å². The van der Waals surface area contributed by atoms with E-state index in [1.165, 1.54) is 18.4 Å². The molecule has 0 aliphatic carbocycles. The van der Waals surface area contributed by atoms with E-state index >= 15 is 0 Å². The number of nitrogens with one attached hydrogen (secondary N) is 1. The molecule has 1 heterocycles. The van der Waals surface area contributed by atoms with Gasteiger partial charge >= 0.3 is 6.18 Å². The van der Waals surface area contributed by atoms with Crippen molar-refractivity contribution in [3.8, 4) is 0 Å². The Balaban J connectivity index is 1.87. The number of benzene rings is 2. The van der Waals surface area contributed by atoms with Crippen LogP contribution in [0.15, 0.2) is 77.4 Å². The summed E-state index contributed by atoms with van der Waals surface area (Å²) >= 11 is 0. The number of carbonyl (C=O) groups is 1. The zero-order valence-electron chi connectivity index (χ0n) is 13.5. The summed E-state index contributed by atoms with van der Waals surface area (Å²) in [6.07, 6.45) is -1.35. The van der Waals surface area contributed by atoms with Crippen LogP contribution < -0.4 is 5.32 Å². The SMILES string of the molecule is O=C(Nc1ccc(C(F)(F)F)cc1)/C(=C/c1ccco1)c1ccccc1. The molecule has 0 bridgehead atoms. The third-order valence-corrected chi connectivity index (χ3v) is 3.63. The maximum Gasteiger partial charge on any atom is 0.416 e. The van der Waals surface area contributed by atoms with Crippen LogP contribution in [0.3, 0.4) is 0 Å². The lowest BCUT2D eigenvalue weighted by Gasteiger charge is -2.11. The zero-order valence-corrected chi connectivity index (χ0v) is 13.5. The standard InChI is InChI=1S/C20H14F3NO2/c21-20(22,23)15-8-10-16(11-9-15)24-19(25)18(13-17-7-4-12-26-17)14-5-2-1-3-6-14/h1-13H,(H,24,25)/b18-13+. The first kappa shape index (κ1) is 17.5. The molecule has 0 saturated heterocycles. The van der Waals surface area contributed by atoms with Gasteiger partial charge in [0.15, 0.2) is 0 Å². The smallest absolute Gasteiger partial charge is 0.416 e. The van der Waals surface area contributed by atoms with Crippen molar-refractivity contribution in [1.29, 1.82) is 0 Å². The van der Waals surface area contributed by atoms with Crippen LogP contribution in [0.5, 0.6) is 0 Å². The number of anilines is 1. The Bertz CT molecular complexity index is 896. The highest BCUT2D eigenvalue weighted by atomic mass is 19.4. The third kappa shape index (κ3) is 4.22. The molecule has 1 aromatic heterocycles. The predicted molar refractivity (Wildman–Crippen MR) is 93.1 cm³/mol. The molecule has 26 heavy (non-hydrogen) atoms. The van der Waals surface area contributed by atoms with E-state index in [-0.39, 0.29) is 5.69 Å². The monoisotopic (exact) mass is 357 g/mol. The number of furan rings is 1. The summed E-state index contributed by atoms with van der Waals surface area (Å²) in [5, 5.41) is 2.62. The molecule has 0 atom stereocenters. The number of amides is 1. The first-order valence-electron chi connectivity index (χ1n) is 7.73. The molecule has 3 nitrogen and oxygen atoms in total. The number of rotatable bonds is 4. The second-order valence-electron chi connectivity index (χ2n) is 5.47. The Labute approximate surface area is 147 Å².